The van der Waals surface area contributed by atoms with Crippen molar-refractivity contribution in [1.29, 1.82) is 0 Å². The van der Waals surface area contributed by atoms with Gasteiger partial charge in [0.15, 0.2) is 0 Å². The van der Waals surface area contributed by atoms with E-state index in [-0.39, 0.29) is 11.5 Å². The second-order valence-electron chi connectivity index (χ2n) is 5.97. The lowest BCUT2D eigenvalue weighted by molar-refractivity contribution is -0.171. The molecule has 1 saturated heterocycles. The minimum absolute atomic E-state index is 0.0950. The van der Waals surface area contributed by atoms with Crippen molar-refractivity contribution in [3.63, 3.8) is 0 Å². The van der Waals surface area contributed by atoms with Gasteiger partial charge in [0.25, 0.3) is 10.1 Å². The second-order valence-corrected chi connectivity index (χ2v) is 7.58. The average Bonchev–Trinajstić information content (AvgIpc) is 2.37. The van der Waals surface area contributed by atoms with Crippen molar-refractivity contribution >= 4 is 16.1 Å². The molecule has 6 heteroatoms. The maximum atomic E-state index is 12.0. The Hall–Kier alpha value is -1.40. The molecule has 1 heterocycles. The molecule has 0 N–H and O–H groups in total. The van der Waals surface area contributed by atoms with E-state index in [1.807, 2.05) is 20.8 Å². The van der Waals surface area contributed by atoms with Gasteiger partial charge < -0.3 is 4.74 Å². The van der Waals surface area contributed by atoms with Crippen LogP contribution in [0.5, 0.6) is 0 Å². The van der Waals surface area contributed by atoms with Crippen LogP contribution in [0.4, 0.5) is 0 Å². The zero-order chi connectivity index (χ0) is 15.7. The van der Waals surface area contributed by atoms with Crippen LogP contribution in [-0.4, -0.2) is 26.6 Å². The predicted molar refractivity (Wildman–Crippen MR) is 77.2 cm³/mol. The largest absolute Gasteiger partial charge is 0.459 e. The van der Waals surface area contributed by atoms with E-state index in [0.29, 0.717) is 12.8 Å². The Kier molecular flexibility index (Phi) is 4.39. The number of esters is 1. The highest BCUT2D eigenvalue weighted by Gasteiger charge is 2.36. The quantitative estimate of drug-likeness (QED) is 0.631. The van der Waals surface area contributed by atoms with E-state index >= 15 is 0 Å². The first-order valence-corrected chi connectivity index (χ1v) is 8.29. The minimum Gasteiger partial charge on any atom is -0.459 e. The molecule has 1 aliphatic rings. The Labute approximate surface area is 125 Å². The van der Waals surface area contributed by atoms with Gasteiger partial charge in [-0.05, 0) is 45.7 Å². The Morgan fingerprint density at radius 2 is 1.90 bits per heavy atom. The molecule has 21 heavy (non-hydrogen) atoms. The van der Waals surface area contributed by atoms with Crippen LogP contribution in [0.15, 0.2) is 29.2 Å². The number of carbonyl (C=O) groups excluding carboxylic acids is 1. The highest BCUT2D eigenvalue weighted by Crippen LogP contribution is 2.29. The standard InChI is InChI=1S/C15H20O5S/c1-11-4-6-13(7-5-11)21(17,18)19-10-12-8-9-15(2,3)20-14(12)16/h4-7,12H,8-10H2,1-3H3. The van der Waals surface area contributed by atoms with Gasteiger partial charge in [-0.3, -0.25) is 8.98 Å². The maximum Gasteiger partial charge on any atom is 0.311 e. The lowest BCUT2D eigenvalue weighted by Crippen LogP contribution is -2.39. The molecule has 0 aliphatic carbocycles. The molecule has 0 amide bonds. The zero-order valence-corrected chi connectivity index (χ0v) is 13.3. The molecule has 1 aromatic carbocycles. The van der Waals surface area contributed by atoms with Gasteiger partial charge in [-0.1, -0.05) is 17.7 Å². The third-order valence-corrected chi connectivity index (χ3v) is 4.84. The Bertz CT molecular complexity index is 616. The van der Waals surface area contributed by atoms with Gasteiger partial charge in [0.1, 0.15) is 5.60 Å². The van der Waals surface area contributed by atoms with Crippen LogP contribution in [-0.2, 0) is 23.8 Å². The third-order valence-electron chi connectivity index (χ3n) is 3.54. The molecule has 5 nitrogen and oxygen atoms in total. The number of aryl methyl sites for hydroxylation is 1. The van der Waals surface area contributed by atoms with Crippen LogP contribution in [0.1, 0.15) is 32.3 Å². The number of hydrogen-bond acceptors (Lipinski definition) is 5. The first-order chi connectivity index (χ1) is 9.70. The smallest absolute Gasteiger partial charge is 0.311 e. The SMILES string of the molecule is Cc1ccc(S(=O)(=O)OCC2CCC(C)(C)OC2=O)cc1. The van der Waals surface area contributed by atoms with Gasteiger partial charge in [-0.25, -0.2) is 0 Å². The van der Waals surface area contributed by atoms with E-state index in [9.17, 15) is 13.2 Å². The van der Waals surface area contributed by atoms with Gasteiger partial charge >= 0.3 is 5.97 Å². The molecule has 0 spiro atoms. The second kappa shape index (κ2) is 5.77. The summed E-state index contributed by atoms with van der Waals surface area (Å²) in [7, 11) is -3.84. The minimum atomic E-state index is -3.84. The summed E-state index contributed by atoms with van der Waals surface area (Å²) < 4.78 is 34.4. The number of benzene rings is 1. The van der Waals surface area contributed by atoms with Crippen molar-refractivity contribution in [2.75, 3.05) is 6.61 Å². The highest BCUT2D eigenvalue weighted by molar-refractivity contribution is 7.86. The van der Waals surface area contributed by atoms with Gasteiger partial charge in [-0.2, -0.15) is 8.42 Å². The van der Waals surface area contributed by atoms with Gasteiger partial charge in [0.2, 0.25) is 0 Å². The Morgan fingerprint density at radius 3 is 2.48 bits per heavy atom. The molecule has 1 aliphatic heterocycles. The topological polar surface area (TPSA) is 69.7 Å². The van der Waals surface area contributed by atoms with Crippen molar-refractivity contribution in [3.8, 4) is 0 Å². The summed E-state index contributed by atoms with van der Waals surface area (Å²) in [4.78, 5) is 11.9. The van der Waals surface area contributed by atoms with Crippen molar-refractivity contribution < 1.29 is 22.1 Å². The van der Waals surface area contributed by atoms with Crippen LogP contribution in [0, 0.1) is 12.8 Å². The fourth-order valence-corrected chi connectivity index (χ4v) is 3.09. The van der Waals surface area contributed by atoms with E-state index in [1.54, 1.807) is 12.1 Å². The van der Waals surface area contributed by atoms with Crippen molar-refractivity contribution in [3.05, 3.63) is 29.8 Å². The predicted octanol–water partition coefficient (Wildman–Crippen LogP) is 2.43. The molecular weight excluding hydrogens is 292 g/mol. The van der Waals surface area contributed by atoms with Crippen LogP contribution < -0.4 is 0 Å². The van der Waals surface area contributed by atoms with Crippen molar-refractivity contribution in [2.24, 2.45) is 5.92 Å². The molecule has 2 rings (SSSR count). The summed E-state index contributed by atoms with van der Waals surface area (Å²) >= 11 is 0. The van der Waals surface area contributed by atoms with Crippen LogP contribution in [0.2, 0.25) is 0 Å². The van der Waals surface area contributed by atoms with E-state index in [4.69, 9.17) is 8.92 Å². The molecule has 0 aromatic heterocycles. The van der Waals surface area contributed by atoms with E-state index < -0.39 is 27.6 Å². The molecule has 1 atom stereocenters. The van der Waals surface area contributed by atoms with Crippen molar-refractivity contribution in [2.45, 2.75) is 44.1 Å². The van der Waals surface area contributed by atoms with Crippen LogP contribution in [0.25, 0.3) is 0 Å². The number of ether oxygens (including phenoxy) is 1. The van der Waals surface area contributed by atoms with Crippen LogP contribution in [0.3, 0.4) is 0 Å². The average molecular weight is 312 g/mol. The first kappa shape index (κ1) is 16.0. The lowest BCUT2D eigenvalue weighted by atomic mass is 9.91. The normalized spacial score (nSPS) is 21.9. The number of carbonyl (C=O) groups is 1. The van der Waals surface area contributed by atoms with Gasteiger partial charge in [0, 0.05) is 0 Å². The molecule has 1 aromatic rings. The lowest BCUT2D eigenvalue weighted by Gasteiger charge is -2.33. The molecule has 116 valence electrons. The number of cyclic esters (lactones) is 1. The first-order valence-electron chi connectivity index (χ1n) is 6.89. The molecule has 0 bridgehead atoms. The summed E-state index contributed by atoms with van der Waals surface area (Å²) in [6.45, 7) is 5.37. The van der Waals surface area contributed by atoms with E-state index in [2.05, 4.69) is 0 Å². The fourth-order valence-electron chi connectivity index (χ4n) is 2.14. The molecule has 1 fully saturated rings. The third kappa shape index (κ3) is 4.04. The van der Waals surface area contributed by atoms with Gasteiger partial charge in [0.05, 0.1) is 17.4 Å². The molecule has 1 unspecified atom stereocenters. The van der Waals surface area contributed by atoms with Crippen molar-refractivity contribution in [1.82, 2.24) is 0 Å². The molecule has 0 radical (unpaired) electrons. The zero-order valence-electron chi connectivity index (χ0n) is 12.5. The summed E-state index contributed by atoms with van der Waals surface area (Å²) in [5.41, 5.74) is 0.482. The monoisotopic (exact) mass is 312 g/mol. The maximum absolute atomic E-state index is 12.0. The highest BCUT2D eigenvalue weighted by atomic mass is 32.2. The Balaban J connectivity index is 1.99. The van der Waals surface area contributed by atoms with Gasteiger partial charge in [-0.15, -0.1) is 0 Å². The van der Waals surface area contributed by atoms with E-state index in [1.165, 1.54) is 12.1 Å². The summed E-state index contributed by atoms with van der Waals surface area (Å²) in [6.07, 6.45) is 1.26. The molecule has 0 saturated carbocycles. The Morgan fingerprint density at radius 1 is 1.29 bits per heavy atom. The summed E-state index contributed by atoms with van der Waals surface area (Å²) in [5.74, 6) is -0.927. The number of hydrogen-bond donors (Lipinski definition) is 0. The molecular formula is C15H20O5S. The summed E-state index contributed by atoms with van der Waals surface area (Å²) in [6, 6.07) is 6.39. The van der Waals surface area contributed by atoms with E-state index in [0.717, 1.165) is 5.56 Å². The fraction of sp³-hybridized carbons (Fsp3) is 0.533. The number of rotatable bonds is 4. The summed E-state index contributed by atoms with van der Waals surface area (Å²) in [5, 5.41) is 0. The van der Waals surface area contributed by atoms with Crippen LogP contribution >= 0.6 is 0 Å².